The van der Waals surface area contributed by atoms with Crippen molar-refractivity contribution in [3.63, 3.8) is 0 Å². The molecule has 0 atom stereocenters. The molecule has 2 amide bonds. The molecule has 9 heteroatoms. The highest BCUT2D eigenvalue weighted by Crippen LogP contribution is 2.27. The minimum atomic E-state index is -0.741. The van der Waals surface area contributed by atoms with Crippen molar-refractivity contribution in [1.29, 1.82) is 0 Å². The van der Waals surface area contributed by atoms with Crippen molar-refractivity contribution in [3.8, 4) is 11.3 Å². The normalized spacial score (nSPS) is 13.8. The zero-order valence-corrected chi connectivity index (χ0v) is 16.3. The van der Waals surface area contributed by atoms with Crippen LogP contribution < -0.4 is 11.1 Å². The predicted molar refractivity (Wildman–Crippen MR) is 109 cm³/mol. The van der Waals surface area contributed by atoms with E-state index in [9.17, 15) is 13.6 Å². The first-order valence-corrected chi connectivity index (χ1v) is 9.45. The third-order valence-corrected chi connectivity index (χ3v) is 4.93. The number of halogens is 2. The van der Waals surface area contributed by atoms with E-state index in [1.54, 1.807) is 11.1 Å². The van der Waals surface area contributed by atoms with E-state index < -0.39 is 11.6 Å². The summed E-state index contributed by atoms with van der Waals surface area (Å²) < 4.78 is 27.2. The number of likely N-dealkylation sites (tertiary alicyclic amines) is 1. The van der Waals surface area contributed by atoms with Gasteiger partial charge < -0.3 is 10.6 Å². The summed E-state index contributed by atoms with van der Waals surface area (Å²) in [5.41, 5.74) is 7.49. The van der Waals surface area contributed by atoms with Crippen LogP contribution in [0.5, 0.6) is 0 Å². The third kappa shape index (κ3) is 4.19. The molecule has 2 aromatic heterocycles. The molecular formula is C21H20F2N6O. The molecule has 30 heavy (non-hydrogen) atoms. The van der Waals surface area contributed by atoms with Gasteiger partial charge in [0.1, 0.15) is 17.5 Å². The van der Waals surface area contributed by atoms with Gasteiger partial charge in [-0.1, -0.05) is 0 Å². The standard InChI is InChI=1S/C21H20F2N6O/c1-12-25-7-6-15(26-12)8-13-10-29(11-13)21(30)28-20-18(24)4-5-19(27-20)16-3-2-14(22)9-17(16)23/h2-7,9,13H,8,10-11,24H2,1H3,(H,27,28,30). The lowest BCUT2D eigenvalue weighted by Gasteiger charge is -2.39. The van der Waals surface area contributed by atoms with Crippen molar-refractivity contribution in [2.75, 3.05) is 24.1 Å². The number of nitrogens with one attached hydrogen (secondary N) is 1. The maximum atomic E-state index is 14.1. The number of nitrogens with two attached hydrogens (primary N) is 1. The van der Waals surface area contributed by atoms with Gasteiger partial charge in [-0.2, -0.15) is 0 Å². The summed E-state index contributed by atoms with van der Waals surface area (Å²) in [5, 5.41) is 2.68. The molecule has 1 aliphatic rings. The first kappa shape index (κ1) is 19.7. The molecule has 0 spiro atoms. The highest BCUT2D eigenvalue weighted by Gasteiger charge is 2.31. The quantitative estimate of drug-likeness (QED) is 0.687. The van der Waals surface area contributed by atoms with Crippen LogP contribution >= 0.6 is 0 Å². The molecule has 0 unspecified atom stereocenters. The number of rotatable bonds is 4. The highest BCUT2D eigenvalue weighted by atomic mass is 19.1. The molecule has 0 saturated carbocycles. The predicted octanol–water partition coefficient (Wildman–Crippen LogP) is 3.41. The second-order valence-corrected chi connectivity index (χ2v) is 7.26. The Labute approximate surface area is 172 Å². The van der Waals surface area contributed by atoms with Gasteiger partial charge in [0.25, 0.3) is 0 Å². The van der Waals surface area contributed by atoms with E-state index in [1.165, 1.54) is 18.2 Å². The van der Waals surface area contributed by atoms with Crippen molar-refractivity contribution in [1.82, 2.24) is 19.9 Å². The molecule has 0 bridgehead atoms. The van der Waals surface area contributed by atoms with Crippen molar-refractivity contribution >= 4 is 17.5 Å². The molecule has 3 aromatic rings. The lowest BCUT2D eigenvalue weighted by molar-refractivity contribution is 0.130. The second-order valence-electron chi connectivity index (χ2n) is 7.26. The zero-order valence-electron chi connectivity index (χ0n) is 16.3. The number of aryl methyl sites for hydroxylation is 1. The lowest BCUT2D eigenvalue weighted by Crippen LogP contribution is -2.52. The van der Waals surface area contributed by atoms with Gasteiger partial charge in [-0.15, -0.1) is 0 Å². The molecule has 1 aromatic carbocycles. The first-order chi connectivity index (χ1) is 14.4. The van der Waals surface area contributed by atoms with Crippen LogP contribution in [0.3, 0.4) is 0 Å². The molecule has 1 fully saturated rings. The van der Waals surface area contributed by atoms with Gasteiger partial charge in [-0.25, -0.2) is 28.5 Å². The molecule has 0 radical (unpaired) electrons. The Bertz CT molecular complexity index is 1100. The van der Waals surface area contributed by atoms with E-state index in [2.05, 4.69) is 20.3 Å². The fourth-order valence-electron chi connectivity index (χ4n) is 3.38. The van der Waals surface area contributed by atoms with E-state index in [1.807, 2.05) is 13.0 Å². The molecule has 1 saturated heterocycles. The Kier molecular flexibility index (Phi) is 5.26. The SMILES string of the molecule is Cc1nccc(CC2CN(C(=O)Nc3nc(-c4ccc(F)cc4F)ccc3N)C2)n1. The average molecular weight is 410 g/mol. The first-order valence-electron chi connectivity index (χ1n) is 9.45. The smallest absolute Gasteiger partial charge is 0.323 e. The number of nitrogens with zero attached hydrogens (tertiary/aromatic N) is 4. The van der Waals surface area contributed by atoms with Crippen molar-refractivity contribution < 1.29 is 13.6 Å². The Morgan fingerprint density at radius 1 is 1.20 bits per heavy atom. The number of benzene rings is 1. The third-order valence-electron chi connectivity index (χ3n) is 4.93. The molecule has 0 aliphatic carbocycles. The van der Waals surface area contributed by atoms with Gasteiger partial charge in [0.05, 0.1) is 11.4 Å². The Morgan fingerprint density at radius 2 is 2.00 bits per heavy atom. The van der Waals surface area contributed by atoms with E-state index >= 15 is 0 Å². The van der Waals surface area contributed by atoms with Gasteiger partial charge in [-0.05, 0) is 49.6 Å². The number of nitrogen functional groups attached to an aromatic ring is 1. The molecule has 154 valence electrons. The molecule has 3 N–H and O–H groups in total. The number of amides is 2. The zero-order chi connectivity index (χ0) is 21.3. The van der Waals surface area contributed by atoms with Crippen molar-refractivity contribution in [2.45, 2.75) is 13.3 Å². The van der Waals surface area contributed by atoms with Crippen LogP contribution in [0.15, 0.2) is 42.6 Å². The van der Waals surface area contributed by atoms with Crippen LogP contribution in [0.2, 0.25) is 0 Å². The van der Waals surface area contributed by atoms with Crippen LogP contribution in [0.25, 0.3) is 11.3 Å². The summed E-state index contributed by atoms with van der Waals surface area (Å²) in [5.74, 6) is -0.244. The topological polar surface area (TPSA) is 97.0 Å². The monoisotopic (exact) mass is 410 g/mol. The number of carbonyl (C=O) groups is 1. The summed E-state index contributed by atoms with van der Waals surface area (Å²) in [4.78, 5) is 26.9. The van der Waals surface area contributed by atoms with E-state index in [0.29, 0.717) is 19.0 Å². The molecule has 4 rings (SSSR count). The number of hydrogen-bond donors (Lipinski definition) is 2. The Morgan fingerprint density at radius 3 is 2.73 bits per heavy atom. The lowest BCUT2D eigenvalue weighted by atomic mass is 9.95. The van der Waals surface area contributed by atoms with Gasteiger partial charge in [-0.3, -0.25) is 5.32 Å². The van der Waals surface area contributed by atoms with Gasteiger partial charge in [0.2, 0.25) is 0 Å². The Hall–Kier alpha value is -3.62. The molecule has 3 heterocycles. The molecule has 7 nitrogen and oxygen atoms in total. The minimum Gasteiger partial charge on any atom is -0.396 e. The fourth-order valence-corrected chi connectivity index (χ4v) is 3.38. The van der Waals surface area contributed by atoms with Crippen LogP contribution in [0.4, 0.5) is 25.1 Å². The number of pyridine rings is 1. The van der Waals surface area contributed by atoms with Gasteiger partial charge in [0.15, 0.2) is 5.82 Å². The number of urea groups is 1. The number of aromatic nitrogens is 3. The van der Waals surface area contributed by atoms with E-state index in [0.717, 1.165) is 30.1 Å². The van der Waals surface area contributed by atoms with E-state index in [4.69, 9.17) is 5.73 Å². The number of anilines is 2. The molecular weight excluding hydrogens is 390 g/mol. The average Bonchev–Trinajstić information content (AvgIpc) is 2.66. The van der Waals surface area contributed by atoms with E-state index in [-0.39, 0.29) is 28.8 Å². The van der Waals surface area contributed by atoms with Crippen molar-refractivity contribution in [2.24, 2.45) is 5.92 Å². The largest absolute Gasteiger partial charge is 0.396 e. The summed E-state index contributed by atoms with van der Waals surface area (Å²) in [7, 11) is 0. The van der Waals surface area contributed by atoms with Crippen LogP contribution in [-0.2, 0) is 6.42 Å². The molecule has 1 aliphatic heterocycles. The summed E-state index contributed by atoms with van der Waals surface area (Å²) in [6, 6.07) is 7.81. The Balaban J connectivity index is 1.40. The maximum absolute atomic E-state index is 14.1. The van der Waals surface area contributed by atoms with Crippen LogP contribution in [-0.4, -0.2) is 39.0 Å². The van der Waals surface area contributed by atoms with Gasteiger partial charge >= 0.3 is 6.03 Å². The van der Waals surface area contributed by atoms with Gasteiger partial charge in [0, 0.05) is 36.6 Å². The summed E-state index contributed by atoms with van der Waals surface area (Å²) >= 11 is 0. The summed E-state index contributed by atoms with van der Waals surface area (Å²) in [6.45, 7) is 3.01. The van der Waals surface area contributed by atoms with Crippen LogP contribution in [0, 0.1) is 24.5 Å². The van der Waals surface area contributed by atoms with Crippen LogP contribution in [0.1, 0.15) is 11.5 Å². The fraction of sp³-hybridized carbons (Fsp3) is 0.238. The maximum Gasteiger partial charge on any atom is 0.323 e. The minimum absolute atomic E-state index is 0.121. The summed E-state index contributed by atoms with van der Waals surface area (Å²) in [6.07, 6.45) is 2.50. The second kappa shape index (κ2) is 8.02. The number of carbonyl (C=O) groups excluding carboxylic acids is 1. The number of hydrogen-bond acceptors (Lipinski definition) is 5. The van der Waals surface area contributed by atoms with Crippen molar-refractivity contribution in [3.05, 3.63) is 65.7 Å². The highest BCUT2D eigenvalue weighted by molar-refractivity contribution is 5.92.